The van der Waals surface area contributed by atoms with E-state index in [1.54, 1.807) is 6.92 Å². The van der Waals surface area contributed by atoms with Crippen molar-refractivity contribution in [1.29, 1.82) is 0 Å². The van der Waals surface area contributed by atoms with Crippen LogP contribution in [0.2, 0.25) is 0 Å². The summed E-state index contributed by atoms with van der Waals surface area (Å²) in [4.78, 5) is 11.7. The van der Waals surface area contributed by atoms with E-state index in [-0.39, 0.29) is 5.78 Å². The number of carbonyl (C=O) groups is 1. The molecule has 1 nitrogen and oxygen atoms in total. The van der Waals surface area contributed by atoms with Crippen LogP contribution in [0.5, 0.6) is 0 Å². The molecule has 2 atom stereocenters. The van der Waals surface area contributed by atoms with Crippen LogP contribution in [-0.2, 0) is 5.41 Å². The Bertz CT molecular complexity index is 487. The zero-order chi connectivity index (χ0) is 13.5. The van der Waals surface area contributed by atoms with Crippen molar-refractivity contribution in [1.82, 2.24) is 0 Å². The summed E-state index contributed by atoms with van der Waals surface area (Å²) in [6.45, 7) is 10.7. The van der Waals surface area contributed by atoms with Crippen molar-refractivity contribution >= 4 is 5.78 Å². The number of hydrogen-bond acceptors (Lipinski definition) is 1. The molecule has 0 bridgehead atoms. The maximum Gasteiger partial charge on any atom is 0.160 e. The molecule has 0 aliphatic heterocycles. The van der Waals surface area contributed by atoms with Crippen molar-refractivity contribution in [3.63, 3.8) is 0 Å². The number of fused-ring (bicyclic) bond motifs is 1. The number of carbonyl (C=O) groups excluding carboxylic acids is 1. The first-order valence-electron chi connectivity index (χ1n) is 7.05. The highest BCUT2D eigenvalue weighted by Gasteiger charge is 2.33. The second-order valence-electron chi connectivity index (χ2n) is 6.16. The minimum atomic E-state index is 0.186. The Balaban J connectivity index is 2.65. The summed E-state index contributed by atoms with van der Waals surface area (Å²) in [5.74, 6) is 0.768. The van der Waals surface area contributed by atoms with Crippen LogP contribution < -0.4 is 0 Å². The van der Waals surface area contributed by atoms with Gasteiger partial charge in [0.05, 0.1) is 0 Å². The number of benzene rings is 1. The van der Waals surface area contributed by atoms with Gasteiger partial charge in [0.25, 0.3) is 0 Å². The number of rotatable bonds is 2. The van der Waals surface area contributed by atoms with Gasteiger partial charge in [-0.15, -0.1) is 0 Å². The van der Waals surface area contributed by atoms with Crippen LogP contribution in [0.3, 0.4) is 0 Å². The van der Waals surface area contributed by atoms with Crippen molar-refractivity contribution in [3.05, 3.63) is 34.4 Å². The van der Waals surface area contributed by atoms with Gasteiger partial charge in [0.2, 0.25) is 0 Å². The quantitative estimate of drug-likeness (QED) is 0.685. The molecule has 18 heavy (non-hydrogen) atoms. The minimum absolute atomic E-state index is 0.186. The van der Waals surface area contributed by atoms with E-state index < -0.39 is 0 Å². The predicted molar refractivity (Wildman–Crippen MR) is 76.5 cm³/mol. The van der Waals surface area contributed by atoms with Crippen LogP contribution in [0, 0.1) is 6.92 Å². The maximum atomic E-state index is 11.7. The Morgan fingerprint density at radius 1 is 1.44 bits per heavy atom. The van der Waals surface area contributed by atoms with Crippen molar-refractivity contribution in [2.45, 2.75) is 65.2 Å². The van der Waals surface area contributed by atoms with Crippen LogP contribution in [0.15, 0.2) is 12.1 Å². The first-order valence-corrected chi connectivity index (χ1v) is 7.05. The fourth-order valence-corrected chi connectivity index (χ4v) is 3.23. The highest BCUT2D eigenvalue weighted by molar-refractivity contribution is 5.95. The van der Waals surface area contributed by atoms with E-state index in [1.807, 2.05) is 0 Å². The molecule has 0 amide bonds. The molecule has 0 heterocycles. The van der Waals surface area contributed by atoms with Crippen LogP contribution in [0.4, 0.5) is 0 Å². The van der Waals surface area contributed by atoms with Crippen LogP contribution in [-0.4, -0.2) is 5.78 Å². The van der Waals surface area contributed by atoms with Crippen LogP contribution >= 0.6 is 0 Å². The van der Waals surface area contributed by atoms with Gasteiger partial charge in [0.1, 0.15) is 0 Å². The molecule has 2 rings (SSSR count). The standard InChI is InChI=1S/C17H24O/c1-6-17(5)8-7-11(2)15-10-14(13(4)18)12(3)9-16(15)17/h9-11H,6-8H2,1-5H3/t11-,17+/m0/s1. The third-order valence-electron chi connectivity index (χ3n) is 4.87. The molecular formula is C17H24O. The van der Waals surface area contributed by atoms with E-state index in [9.17, 15) is 4.79 Å². The summed E-state index contributed by atoms with van der Waals surface area (Å²) in [6, 6.07) is 4.43. The average Bonchev–Trinajstić information content (AvgIpc) is 2.33. The normalized spacial score (nSPS) is 26.8. The van der Waals surface area contributed by atoms with E-state index in [2.05, 4.69) is 39.8 Å². The fourth-order valence-electron chi connectivity index (χ4n) is 3.23. The zero-order valence-corrected chi connectivity index (χ0v) is 12.3. The molecule has 1 aromatic carbocycles. The highest BCUT2D eigenvalue weighted by Crippen LogP contribution is 2.45. The first-order chi connectivity index (χ1) is 8.39. The second-order valence-corrected chi connectivity index (χ2v) is 6.16. The maximum absolute atomic E-state index is 11.7. The Hall–Kier alpha value is -1.11. The van der Waals surface area contributed by atoms with E-state index in [1.165, 1.54) is 30.4 Å². The lowest BCUT2D eigenvalue weighted by Crippen LogP contribution is -2.28. The molecule has 0 saturated heterocycles. The number of Topliss-reactive ketones (excluding diaryl/α,β-unsaturated/α-hetero) is 1. The van der Waals surface area contributed by atoms with Crippen molar-refractivity contribution in [2.75, 3.05) is 0 Å². The SMILES string of the molecule is CC[C@]1(C)CC[C@H](C)c2cc(C(C)=O)c(C)cc21. The lowest BCUT2D eigenvalue weighted by molar-refractivity contribution is 0.101. The van der Waals surface area contributed by atoms with E-state index >= 15 is 0 Å². The molecule has 1 aliphatic rings. The molecular weight excluding hydrogens is 220 g/mol. The molecule has 1 aromatic rings. The van der Waals surface area contributed by atoms with Gasteiger partial charge in [-0.25, -0.2) is 0 Å². The fraction of sp³-hybridized carbons (Fsp3) is 0.588. The molecule has 0 N–H and O–H groups in total. The topological polar surface area (TPSA) is 17.1 Å². The van der Waals surface area contributed by atoms with E-state index in [0.717, 1.165) is 11.1 Å². The van der Waals surface area contributed by atoms with Crippen molar-refractivity contribution in [2.24, 2.45) is 0 Å². The van der Waals surface area contributed by atoms with Gasteiger partial charge in [0, 0.05) is 5.56 Å². The van der Waals surface area contributed by atoms with E-state index in [0.29, 0.717) is 11.3 Å². The summed E-state index contributed by atoms with van der Waals surface area (Å²) in [5.41, 5.74) is 5.21. The summed E-state index contributed by atoms with van der Waals surface area (Å²) in [7, 11) is 0. The zero-order valence-electron chi connectivity index (χ0n) is 12.3. The Morgan fingerprint density at radius 3 is 2.67 bits per heavy atom. The highest BCUT2D eigenvalue weighted by atomic mass is 16.1. The third kappa shape index (κ3) is 2.00. The molecule has 0 unspecified atom stereocenters. The van der Waals surface area contributed by atoms with Gasteiger partial charge in [-0.2, -0.15) is 0 Å². The molecule has 0 aromatic heterocycles. The van der Waals surface area contributed by atoms with Gasteiger partial charge in [-0.1, -0.05) is 26.8 Å². The van der Waals surface area contributed by atoms with E-state index in [4.69, 9.17) is 0 Å². The first kappa shape index (κ1) is 13.3. The average molecular weight is 244 g/mol. The molecule has 0 saturated carbocycles. The minimum Gasteiger partial charge on any atom is -0.295 e. The van der Waals surface area contributed by atoms with Crippen molar-refractivity contribution < 1.29 is 4.79 Å². The Morgan fingerprint density at radius 2 is 2.11 bits per heavy atom. The van der Waals surface area contributed by atoms with Gasteiger partial charge in [-0.3, -0.25) is 4.79 Å². The summed E-state index contributed by atoms with van der Waals surface area (Å²) in [5, 5.41) is 0. The van der Waals surface area contributed by atoms with Gasteiger partial charge in [-0.05, 0) is 67.2 Å². The molecule has 0 fully saturated rings. The molecule has 1 aliphatic carbocycles. The Labute approximate surface area is 111 Å². The van der Waals surface area contributed by atoms with Gasteiger partial charge >= 0.3 is 0 Å². The Kier molecular flexibility index (Phi) is 3.35. The van der Waals surface area contributed by atoms with Gasteiger partial charge in [0.15, 0.2) is 5.78 Å². The lowest BCUT2D eigenvalue weighted by Gasteiger charge is -2.39. The largest absolute Gasteiger partial charge is 0.295 e. The second kappa shape index (κ2) is 4.53. The number of aryl methyl sites for hydroxylation is 1. The smallest absolute Gasteiger partial charge is 0.160 e. The van der Waals surface area contributed by atoms with Gasteiger partial charge < -0.3 is 0 Å². The summed E-state index contributed by atoms with van der Waals surface area (Å²) < 4.78 is 0. The van der Waals surface area contributed by atoms with Crippen LogP contribution in [0.1, 0.15) is 79.9 Å². The molecule has 0 radical (unpaired) electrons. The predicted octanol–water partition coefficient (Wildman–Crippen LogP) is 4.76. The summed E-state index contributed by atoms with van der Waals surface area (Å²) in [6.07, 6.45) is 3.67. The number of hydrogen-bond donors (Lipinski definition) is 0. The number of ketones is 1. The monoisotopic (exact) mass is 244 g/mol. The van der Waals surface area contributed by atoms with Crippen molar-refractivity contribution in [3.8, 4) is 0 Å². The third-order valence-corrected chi connectivity index (χ3v) is 4.87. The molecule has 1 heteroatoms. The molecule has 0 spiro atoms. The molecule has 98 valence electrons. The summed E-state index contributed by atoms with van der Waals surface area (Å²) >= 11 is 0. The lowest BCUT2D eigenvalue weighted by atomic mass is 9.66. The van der Waals surface area contributed by atoms with Crippen LogP contribution in [0.25, 0.3) is 0 Å².